The summed E-state index contributed by atoms with van der Waals surface area (Å²) < 4.78 is 1.83. The van der Waals surface area contributed by atoms with Gasteiger partial charge in [0.25, 0.3) is 11.5 Å². The summed E-state index contributed by atoms with van der Waals surface area (Å²) in [5.74, 6) is 0.345. The number of hydrogen-bond donors (Lipinski definition) is 2. The Hall–Kier alpha value is -3.26. The lowest BCUT2D eigenvalue weighted by atomic mass is 9.83. The third kappa shape index (κ3) is 3.90. The monoisotopic (exact) mass is 418 g/mol. The van der Waals surface area contributed by atoms with Gasteiger partial charge in [0.05, 0.1) is 24.3 Å². The van der Waals surface area contributed by atoms with Crippen LogP contribution in [0.15, 0.2) is 47.7 Å². The third-order valence-electron chi connectivity index (χ3n) is 6.39. The molecular formula is C23H26N6O2. The van der Waals surface area contributed by atoms with Crippen LogP contribution >= 0.6 is 0 Å². The first-order chi connectivity index (χ1) is 15.1. The van der Waals surface area contributed by atoms with E-state index in [1.54, 1.807) is 18.6 Å². The Morgan fingerprint density at radius 3 is 2.87 bits per heavy atom. The molecule has 8 heteroatoms. The minimum absolute atomic E-state index is 0.192. The number of rotatable bonds is 5. The van der Waals surface area contributed by atoms with E-state index in [-0.39, 0.29) is 17.0 Å². The molecule has 0 saturated carbocycles. The quantitative estimate of drug-likeness (QED) is 0.659. The number of aryl methyl sites for hydroxylation is 1. The predicted octanol–water partition coefficient (Wildman–Crippen LogP) is 1.82. The van der Waals surface area contributed by atoms with Crippen LogP contribution in [0.2, 0.25) is 0 Å². The van der Waals surface area contributed by atoms with Crippen LogP contribution in [-0.2, 0) is 19.6 Å². The smallest absolute Gasteiger partial charge is 0.263 e. The molecule has 0 radical (unpaired) electrons. The molecule has 5 heterocycles. The number of nitrogens with one attached hydrogen (secondary N) is 2. The number of likely N-dealkylation sites (tertiary alicyclic amines) is 1. The van der Waals surface area contributed by atoms with Gasteiger partial charge in [-0.3, -0.25) is 19.5 Å². The molecule has 31 heavy (non-hydrogen) atoms. The van der Waals surface area contributed by atoms with Gasteiger partial charge in [-0.1, -0.05) is 6.07 Å². The van der Waals surface area contributed by atoms with Gasteiger partial charge in [-0.05, 0) is 43.5 Å². The van der Waals surface area contributed by atoms with Gasteiger partial charge in [-0.15, -0.1) is 0 Å². The van der Waals surface area contributed by atoms with Crippen LogP contribution < -0.4 is 10.9 Å². The summed E-state index contributed by atoms with van der Waals surface area (Å²) in [5, 5.41) is 2.82. The zero-order chi connectivity index (χ0) is 21.4. The van der Waals surface area contributed by atoms with Crippen LogP contribution in [0, 0.1) is 12.8 Å². The van der Waals surface area contributed by atoms with Crippen LogP contribution in [0.25, 0.3) is 0 Å². The number of fused-ring (bicyclic) bond motifs is 4. The summed E-state index contributed by atoms with van der Waals surface area (Å²) in [7, 11) is 0. The van der Waals surface area contributed by atoms with Crippen LogP contribution in [0.4, 0.5) is 0 Å². The van der Waals surface area contributed by atoms with Crippen LogP contribution in [0.5, 0.6) is 0 Å². The van der Waals surface area contributed by atoms with E-state index in [0.717, 1.165) is 48.8 Å². The van der Waals surface area contributed by atoms with Gasteiger partial charge in [0.15, 0.2) is 0 Å². The molecule has 0 aliphatic carbocycles. The molecule has 2 aliphatic heterocycles. The molecule has 0 aromatic carbocycles. The number of carbonyl (C=O) groups is 1. The van der Waals surface area contributed by atoms with Crippen molar-refractivity contribution in [2.24, 2.45) is 5.92 Å². The molecule has 1 amide bonds. The molecule has 0 unspecified atom stereocenters. The first kappa shape index (κ1) is 19.7. The van der Waals surface area contributed by atoms with Crippen molar-refractivity contribution in [3.05, 3.63) is 81.5 Å². The number of aromatic amines is 1. The van der Waals surface area contributed by atoms with Gasteiger partial charge < -0.3 is 14.9 Å². The number of pyridine rings is 2. The topological polar surface area (TPSA) is 95.9 Å². The van der Waals surface area contributed by atoms with Crippen molar-refractivity contribution in [2.45, 2.75) is 38.9 Å². The van der Waals surface area contributed by atoms with Gasteiger partial charge in [-0.2, -0.15) is 0 Å². The Kier molecular flexibility index (Phi) is 5.15. The van der Waals surface area contributed by atoms with Crippen molar-refractivity contribution in [1.82, 2.24) is 29.7 Å². The van der Waals surface area contributed by atoms with Gasteiger partial charge in [0, 0.05) is 49.7 Å². The molecule has 2 aliphatic rings. The van der Waals surface area contributed by atoms with E-state index in [1.165, 1.54) is 0 Å². The van der Waals surface area contributed by atoms with Gasteiger partial charge in [-0.25, -0.2) is 4.98 Å². The average molecular weight is 419 g/mol. The van der Waals surface area contributed by atoms with Crippen molar-refractivity contribution >= 4 is 5.91 Å². The maximum Gasteiger partial charge on any atom is 0.263 e. The fourth-order valence-corrected chi connectivity index (χ4v) is 4.87. The first-order valence-corrected chi connectivity index (χ1v) is 10.7. The maximum absolute atomic E-state index is 13.1. The van der Waals surface area contributed by atoms with Crippen LogP contribution in [0.3, 0.4) is 0 Å². The number of nitrogens with zero attached hydrogens (tertiary/aromatic N) is 4. The lowest BCUT2D eigenvalue weighted by molar-refractivity contribution is 0.0943. The highest BCUT2D eigenvalue weighted by molar-refractivity contribution is 5.93. The molecule has 2 N–H and O–H groups in total. The number of amides is 1. The fourth-order valence-electron chi connectivity index (χ4n) is 4.87. The van der Waals surface area contributed by atoms with E-state index in [0.29, 0.717) is 24.9 Å². The number of carbonyl (C=O) groups excluding carboxylic acids is 1. The molecule has 1 saturated heterocycles. The van der Waals surface area contributed by atoms with E-state index in [2.05, 4.69) is 25.2 Å². The summed E-state index contributed by atoms with van der Waals surface area (Å²) in [5.41, 5.74) is 3.98. The Labute approximate surface area is 180 Å². The van der Waals surface area contributed by atoms with E-state index in [9.17, 15) is 9.59 Å². The molecule has 5 rings (SSSR count). The van der Waals surface area contributed by atoms with E-state index < -0.39 is 0 Å². The lowest BCUT2D eigenvalue weighted by Gasteiger charge is -2.42. The summed E-state index contributed by atoms with van der Waals surface area (Å²) in [6.45, 7) is 5.65. The minimum Gasteiger partial charge on any atom is -0.348 e. The molecule has 2 atom stereocenters. The summed E-state index contributed by atoms with van der Waals surface area (Å²) in [6.07, 6.45) is 4.51. The van der Waals surface area contributed by atoms with Crippen molar-refractivity contribution in [1.29, 1.82) is 0 Å². The maximum atomic E-state index is 13.1. The number of H-pyrrole nitrogens is 1. The number of hydrogen-bond acceptors (Lipinski definition) is 5. The molecule has 160 valence electrons. The minimum atomic E-state index is -0.350. The molecule has 2 bridgehead atoms. The third-order valence-corrected chi connectivity index (χ3v) is 6.39. The largest absolute Gasteiger partial charge is 0.348 e. The SMILES string of the molecule is Cc1[nH]cnc1CN1C[C@@H]2C[C@H](C1)c1ccc(C(=O)NCc3ccccn3)c(=O)n1C2. The Balaban J connectivity index is 1.33. The van der Waals surface area contributed by atoms with Crippen LogP contribution in [-0.4, -0.2) is 43.4 Å². The normalized spacial score (nSPS) is 20.3. The molecule has 1 fully saturated rings. The van der Waals surface area contributed by atoms with Gasteiger partial charge in [0.2, 0.25) is 0 Å². The van der Waals surface area contributed by atoms with Crippen LogP contribution in [0.1, 0.15) is 45.5 Å². The Morgan fingerprint density at radius 2 is 2.10 bits per heavy atom. The zero-order valence-electron chi connectivity index (χ0n) is 17.5. The second-order valence-corrected chi connectivity index (χ2v) is 8.56. The zero-order valence-corrected chi connectivity index (χ0v) is 17.5. The number of aromatic nitrogens is 4. The highest BCUT2D eigenvalue weighted by atomic mass is 16.2. The van der Waals surface area contributed by atoms with E-state index in [4.69, 9.17) is 0 Å². The summed E-state index contributed by atoms with van der Waals surface area (Å²) in [6, 6.07) is 9.19. The number of imidazole rings is 1. The molecule has 3 aromatic rings. The molecule has 3 aromatic heterocycles. The molecule has 8 nitrogen and oxygen atoms in total. The lowest BCUT2D eigenvalue weighted by Crippen LogP contribution is -2.47. The van der Waals surface area contributed by atoms with Crippen molar-refractivity contribution in [3.63, 3.8) is 0 Å². The van der Waals surface area contributed by atoms with E-state index in [1.807, 2.05) is 35.8 Å². The standard InChI is InChI=1S/C23H26N6O2/c1-15-20(27-14-26-15)13-28-10-16-8-17(12-28)21-6-5-19(23(31)29(21)11-16)22(30)25-9-18-4-2-3-7-24-18/h2-7,14,16-17H,8-13H2,1H3,(H,25,30)(H,26,27)/t16-,17+/m0/s1. The summed E-state index contributed by atoms with van der Waals surface area (Å²) >= 11 is 0. The van der Waals surface area contributed by atoms with Crippen molar-refractivity contribution < 1.29 is 4.79 Å². The molecular weight excluding hydrogens is 392 g/mol. The molecule has 0 spiro atoms. The average Bonchev–Trinajstić information content (AvgIpc) is 3.18. The predicted molar refractivity (Wildman–Crippen MR) is 116 cm³/mol. The highest BCUT2D eigenvalue weighted by Crippen LogP contribution is 2.35. The second kappa shape index (κ2) is 8.11. The highest BCUT2D eigenvalue weighted by Gasteiger charge is 2.35. The van der Waals surface area contributed by atoms with E-state index >= 15 is 0 Å². The van der Waals surface area contributed by atoms with Gasteiger partial charge >= 0.3 is 0 Å². The Morgan fingerprint density at radius 1 is 1.19 bits per heavy atom. The second-order valence-electron chi connectivity index (χ2n) is 8.56. The van der Waals surface area contributed by atoms with Crippen molar-refractivity contribution in [2.75, 3.05) is 13.1 Å². The first-order valence-electron chi connectivity index (χ1n) is 10.7. The Bertz CT molecular complexity index is 1150. The fraction of sp³-hybridized carbons (Fsp3) is 0.391. The summed E-state index contributed by atoms with van der Waals surface area (Å²) in [4.78, 5) is 40.0. The number of piperidine rings is 1. The van der Waals surface area contributed by atoms with Crippen molar-refractivity contribution in [3.8, 4) is 0 Å². The van der Waals surface area contributed by atoms with Gasteiger partial charge in [0.1, 0.15) is 5.56 Å².